The minimum Gasteiger partial charge on any atom is -0.479 e. The van der Waals surface area contributed by atoms with Crippen LogP contribution in [0.25, 0.3) is 10.8 Å². The van der Waals surface area contributed by atoms with E-state index in [1.54, 1.807) is 30.3 Å². The van der Waals surface area contributed by atoms with E-state index in [1.165, 1.54) is 17.6 Å². The molecular weight excluding hydrogens is 328 g/mol. The van der Waals surface area contributed by atoms with E-state index in [0.29, 0.717) is 17.1 Å². The molecule has 122 valence electrons. The van der Waals surface area contributed by atoms with Gasteiger partial charge in [0.2, 0.25) is 11.8 Å². The van der Waals surface area contributed by atoms with Gasteiger partial charge < -0.3 is 14.8 Å². The fourth-order valence-electron chi connectivity index (χ4n) is 2.21. The highest BCUT2D eigenvalue weighted by Gasteiger charge is 2.22. The van der Waals surface area contributed by atoms with Gasteiger partial charge in [-0.3, -0.25) is 4.79 Å². The Labute approximate surface area is 141 Å². The van der Waals surface area contributed by atoms with Crippen molar-refractivity contribution in [3.05, 3.63) is 65.4 Å². The summed E-state index contributed by atoms with van der Waals surface area (Å²) in [6.45, 7) is 0. The summed E-state index contributed by atoms with van der Waals surface area (Å²) in [5.74, 6) is -1.10. The number of aromatic nitrogens is 1. The summed E-state index contributed by atoms with van der Waals surface area (Å²) in [5.41, 5.74) is 0.964. The summed E-state index contributed by atoms with van der Waals surface area (Å²) in [6, 6.07) is 11.2. The van der Waals surface area contributed by atoms with E-state index in [-0.39, 0.29) is 6.42 Å². The van der Waals surface area contributed by atoms with Crippen molar-refractivity contribution in [2.75, 3.05) is 0 Å². The van der Waals surface area contributed by atoms with Crippen LogP contribution in [0.4, 0.5) is 0 Å². The average Bonchev–Trinajstić information content (AvgIpc) is 3.24. The predicted molar refractivity (Wildman–Crippen MR) is 88.5 cm³/mol. The first-order chi connectivity index (χ1) is 11.6. The van der Waals surface area contributed by atoms with Gasteiger partial charge in [-0.1, -0.05) is 36.4 Å². The smallest absolute Gasteiger partial charge is 0.330 e. The molecule has 0 unspecified atom stereocenters. The number of hydrogen-bond donors (Lipinski definition) is 2. The first kappa shape index (κ1) is 15.9. The number of amides is 1. The molecule has 0 spiro atoms. The molecule has 24 heavy (non-hydrogen) atoms. The third kappa shape index (κ3) is 3.69. The Morgan fingerprint density at radius 1 is 1.21 bits per heavy atom. The molecule has 0 saturated heterocycles. The van der Waals surface area contributed by atoms with Gasteiger partial charge in [0.15, 0.2) is 6.04 Å². The molecule has 3 aromatic rings. The van der Waals surface area contributed by atoms with E-state index in [0.717, 1.165) is 4.88 Å². The largest absolute Gasteiger partial charge is 0.479 e. The molecule has 7 heteroatoms. The maximum absolute atomic E-state index is 12.1. The Kier molecular flexibility index (Phi) is 4.72. The van der Waals surface area contributed by atoms with Crippen molar-refractivity contribution in [3.8, 4) is 10.8 Å². The fraction of sp³-hybridized carbons (Fsp3) is 0.118. The van der Waals surface area contributed by atoms with Crippen LogP contribution in [0, 0.1) is 0 Å². The van der Waals surface area contributed by atoms with E-state index >= 15 is 0 Å². The Morgan fingerprint density at radius 3 is 2.67 bits per heavy atom. The van der Waals surface area contributed by atoms with Crippen molar-refractivity contribution in [3.63, 3.8) is 0 Å². The predicted octanol–water partition coefficient (Wildman–Crippen LogP) is 2.89. The molecule has 0 fully saturated rings. The number of benzene rings is 1. The molecule has 1 atom stereocenters. The molecule has 0 saturated carbocycles. The van der Waals surface area contributed by atoms with Crippen molar-refractivity contribution >= 4 is 23.2 Å². The van der Waals surface area contributed by atoms with E-state index in [4.69, 9.17) is 4.42 Å². The second-order valence-electron chi connectivity index (χ2n) is 5.05. The highest BCUT2D eigenvalue weighted by Crippen LogP contribution is 2.23. The standard InChI is InChI=1S/C17H14N2O4S/c20-14(19-15(17(21)22)11-5-2-1-3-6-11)9-12-10-23-16(18-12)13-7-4-8-24-13/h1-8,10,15H,9H2,(H,19,20)(H,21,22)/t15-/m1/s1. The van der Waals surface area contributed by atoms with Gasteiger partial charge in [-0.2, -0.15) is 0 Å². The Morgan fingerprint density at radius 2 is 2.00 bits per heavy atom. The molecule has 1 amide bonds. The maximum Gasteiger partial charge on any atom is 0.330 e. The zero-order valence-corrected chi connectivity index (χ0v) is 13.3. The molecule has 2 N–H and O–H groups in total. The number of carboxylic acid groups (broad SMARTS) is 1. The Balaban J connectivity index is 1.67. The lowest BCUT2D eigenvalue weighted by Crippen LogP contribution is -2.34. The molecule has 0 aliphatic heterocycles. The van der Waals surface area contributed by atoms with Crippen LogP contribution in [0.15, 0.2) is 58.5 Å². The van der Waals surface area contributed by atoms with Crippen LogP contribution in [0.2, 0.25) is 0 Å². The Hall–Kier alpha value is -2.93. The molecule has 0 aliphatic carbocycles. The quantitative estimate of drug-likeness (QED) is 0.718. The van der Waals surface area contributed by atoms with Gasteiger partial charge in [-0.25, -0.2) is 9.78 Å². The van der Waals surface area contributed by atoms with Crippen molar-refractivity contribution in [2.45, 2.75) is 12.5 Å². The number of rotatable bonds is 6. The lowest BCUT2D eigenvalue weighted by molar-refractivity contribution is -0.142. The van der Waals surface area contributed by atoms with Gasteiger partial charge in [-0.15, -0.1) is 11.3 Å². The maximum atomic E-state index is 12.1. The molecule has 0 bridgehead atoms. The monoisotopic (exact) mass is 342 g/mol. The fourth-order valence-corrected chi connectivity index (χ4v) is 2.87. The summed E-state index contributed by atoms with van der Waals surface area (Å²) >= 11 is 1.49. The molecule has 2 heterocycles. The summed E-state index contributed by atoms with van der Waals surface area (Å²) in [6.07, 6.45) is 1.36. The summed E-state index contributed by atoms with van der Waals surface area (Å²) < 4.78 is 5.35. The van der Waals surface area contributed by atoms with Gasteiger partial charge in [0.05, 0.1) is 17.0 Å². The third-order valence-electron chi connectivity index (χ3n) is 3.31. The summed E-state index contributed by atoms with van der Waals surface area (Å²) in [7, 11) is 0. The number of aliphatic carboxylic acids is 1. The highest BCUT2D eigenvalue weighted by molar-refractivity contribution is 7.13. The van der Waals surface area contributed by atoms with Crippen LogP contribution < -0.4 is 5.32 Å². The number of carbonyl (C=O) groups is 2. The molecular formula is C17H14N2O4S. The van der Waals surface area contributed by atoms with E-state index in [1.807, 2.05) is 17.5 Å². The molecule has 0 radical (unpaired) electrons. The number of carbonyl (C=O) groups excluding carboxylic acids is 1. The Bertz CT molecular complexity index is 827. The highest BCUT2D eigenvalue weighted by atomic mass is 32.1. The van der Waals surface area contributed by atoms with E-state index in [2.05, 4.69) is 10.3 Å². The summed E-state index contributed by atoms with van der Waals surface area (Å²) in [5, 5.41) is 13.7. The third-order valence-corrected chi connectivity index (χ3v) is 4.17. The van der Waals surface area contributed by atoms with Crippen molar-refractivity contribution < 1.29 is 19.1 Å². The van der Waals surface area contributed by atoms with Crippen LogP contribution in [-0.2, 0) is 16.0 Å². The van der Waals surface area contributed by atoms with Crippen molar-refractivity contribution in [2.24, 2.45) is 0 Å². The molecule has 0 aliphatic rings. The van der Waals surface area contributed by atoms with Crippen molar-refractivity contribution in [1.82, 2.24) is 10.3 Å². The minimum atomic E-state index is -1.12. The number of thiophene rings is 1. The number of carboxylic acids is 1. The molecule has 6 nitrogen and oxygen atoms in total. The van der Waals surface area contributed by atoms with Crippen LogP contribution in [0.1, 0.15) is 17.3 Å². The van der Waals surface area contributed by atoms with E-state index in [9.17, 15) is 14.7 Å². The second-order valence-corrected chi connectivity index (χ2v) is 6.00. The normalized spacial score (nSPS) is 11.8. The van der Waals surface area contributed by atoms with Gasteiger partial charge in [0, 0.05) is 0 Å². The van der Waals surface area contributed by atoms with Gasteiger partial charge in [0.1, 0.15) is 6.26 Å². The molecule has 1 aromatic carbocycles. The second kappa shape index (κ2) is 7.10. The zero-order chi connectivity index (χ0) is 16.9. The van der Waals surface area contributed by atoms with Gasteiger partial charge in [-0.05, 0) is 17.0 Å². The first-order valence-corrected chi connectivity index (χ1v) is 8.07. The minimum absolute atomic E-state index is 0.0501. The van der Waals surface area contributed by atoms with Crippen LogP contribution in [0.3, 0.4) is 0 Å². The first-order valence-electron chi connectivity index (χ1n) is 7.19. The van der Waals surface area contributed by atoms with Crippen molar-refractivity contribution in [1.29, 1.82) is 0 Å². The number of nitrogens with one attached hydrogen (secondary N) is 1. The van der Waals surface area contributed by atoms with Crippen LogP contribution >= 0.6 is 11.3 Å². The SMILES string of the molecule is O=C(Cc1coc(-c2cccs2)n1)N[C@@H](C(=O)O)c1ccccc1. The van der Waals surface area contributed by atoms with Gasteiger partial charge in [0.25, 0.3) is 0 Å². The average molecular weight is 342 g/mol. The molecule has 3 rings (SSSR count). The van der Waals surface area contributed by atoms with Crippen LogP contribution in [0.5, 0.6) is 0 Å². The van der Waals surface area contributed by atoms with E-state index < -0.39 is 17.9 Å². The number of nitrogens with zero attached hydrogens (tertiary/aromatic N) is 1. The summed E-state index contributed by atoms with van der Waals surface area (Å²) in [4.78, 5) is 28.7. The zero-order valence-electron chi connectivity index (χ0n) is 12.5. The van der Waals surface area contributed by atoms with Crippen LogP contribution in [-0.4, -0.2) is 22.0 Å². The molecule has 2 aromatic heterocycles. The lowest BCUT2D eigenvalue weighted by atomic mass is 10.1. The number of oxazole rings is 1. The lowest BCUT2D eigenvalue weighted by Gasteiger charge is -2.14. The van der Waals surface area contributed by atoms with Gasteiger partial charge >= 0.3 is 5.97 Å². The topological polar surface area (TPSA) is 92.4 Å². The number of hydrogen-bond acceptors (Lipinski definition) is 5.